The van der Waals surface area contributed by atoms with E-state index < -0.39 is 0 Å². The Bertz CT molecular complexity index is 1140. The number of amides is 1. The molecule has 0 aliphatic rings. The second-order valence-electron chi connectivity index (χ2n) is 6.76. The van der Waals surface area contributed by atoms with Crippen LogP contribution in [0.1, 0.15) is 23.4 Å². The van der Waals surface area contributed by atoms with Crippen LogP contribution in [-0.4, -0.2) is 30.8 Å². The predicted molar refractivity (Wildman–Crippen MR) is 106 cm³/mol. The summed E-state index contributed by atoms with van der Waals surface area (Å²) >= 11 is 0. The monoisotopic (exact) mass is 406 g/mol. The number of nitrogens with zero attached hydrogens (tertiary/aromatic N) is 5. The van der Waals surface area contributed by atoms with E-state index in [0.717, 1.165) is 11.3 Å². The largest absolute Gasteiger partial charge is 0.352 e. The number of hydrogen-bond acceptors (Lipinski definition) is 6. The first-order valence-corrected chi connectivity index (χ1v) is 9.38. The molecule has 0 bridgehead atoms. The highest BCUT2D eigenvalue weighted by Crippen LogP contribution is 2.19. The molecule has 0 aliphatic heterocycles. The number of carbonyl (C=O) groups excluding carboxylic acids is 1. The smallest absolute Gasteiger partial charge is 0.227 e. The molecular formula is C21H19FN6O2. The van der Waals surface area contributed by atoms with E-state index in [9.17, 15) is 9.18 Å². The highest BCUT2D eigenvalue weighted by molar-refractivity contribution is 5.76. The number of aryl methyl sites for hydroxylation is 2. The minimum atomic E-state index is -0.326. The molecule has 30 heavy (non-hydrogen) atoms. The molecule has 0 saturated heterocycles. The average Bonchev–Trinajstić information content (AvgIpc) is 3.45. The van der Waals surface area contributed by atoms with Gasteiger partial charge in [0.2, 0.25) is 17.6 Å². The van der Waals surface area contributed by atoms with Gasteiger partial charge in [0.15, 0.2) is 0 Å². The highest BCUT2D eigenvalue weighted by atomic mass is 19.1. The Morgan fingerprint density at radius 2 is 2.03 bits per heavy atom. The van der Waals surface area contributed by atoms with Crippen LogP contribution in [0.2, 0.25) is 0 Å². The normalized spacial score (nSPS) is 10.9. The summed E-state index contributed by atoms with van der Waals surface area (Å²) in [6.07, 6.45) is 3.61. The number of hydrogen-bond donors (Lipinski definition) is 1. The first-order valence-electron chi connectivity index (χ1n) is 9.38. The summed E-state index contributed by atoms with van der Waals surface area (Å²) in [5.74, 6) is 0.180. The summed E-state index contributed by atoms with van der Waals surface area (Å²) in [5.41, 5.74) is 2.94. The Hall–Kier alpha value is -3.88. The maximum absolute atomic E-state index is 13.7. The van der Waals surface area contributed by atoms with Gasteiger partial charge in [0, 0.05) is 24.9 Å². The third-order valence-corrected chi connectivity index (χ3v) is 4.57. The molecule has 4 aromatic rings. The summed E-state index contributed by atoms with van der Waals surface area (Å²) in [4.78, 5) is 20.3. The van der Waals surface area contributed by atoms with E-state index in [-0.39, 0.29) is 18.1 Å². The quantitative estimate of drug-likeness (QED) is 0.507. The van der Waals surface area contributed by atoms with Gasteiger partial charge in [-0.1, -0.05) is 29.4 Å². The van der Waals surface area contributed by atoms with Crippen LogP contribution in [0.15, 0.2) is 59.6 Å². The number of nitrogens with one attached hydrogen (secondary N) is 1. The number of carbonyl (C=O) groups is 1. The second-order valence-corrected chi connectivity index (χ2v) is 6.76. The third-order valence-electron chi connectivity index (χ3n) is 4.57. The van der Waals surface area contributed by atoms with Gasteiger partial charge in [0.1, 0.15) is 18.5 Å². The fourth-order valence-electron chi connectivity index (χ4n) is 2.82. The zero-order valence-electron chi connectivity index (χ0n) is 16.2. The van der Waals surface area contributed by atoms with Crippen molar-refractivity contribution in [2.75, 3.05) is 0 Å². The van der Waals surface area contributed by atoms with E-state index in [1.165, 1.54) is 12.4 Å². The number of rotatable bonds is 7. The lowest BCUT2D eigenvalue weighted by molar-refractivity contribution is -0.121. The van der Waals surface area contributed by atoms with Crippen molar-refractivity contribution < 1.29 is 13.7 Å². The highest BCUT2D eigenvalue weighted by Gasteiger charge is 2.12. The van der Waals surface area contributed by atoms with Crippen LogP contribution >= 0.6 is 0 Å². The van der Waals surface area contributed by atoms with Gasteiger partial charge in [-0.25, -0.2) is 14.1 Å². The molecular weight excluding hydrogens is 387 g/mol. The fraction of sp³-hybridized carbons (Fsp3) is 0.190. The fourth-order valence-corrected chi connectivity index (χ4v) is 2.82. The summed E-state index contributed by atoms with van der Waals surface area (Å²) in [5, 5.41) is 10.8. The van der Waals surface area contributed by atoms with E-state index >= 15 is 0 Å². The van der Waals surface area contributed by atoms with Crippen molar-refractivity contribution in [1.82, 2.24) is 30.2 Å². The zero-order valence-corrected chi connectivity index (χ0v) is 16.2. The van der Waals surface area contributed by atoms with Crippen LogP contribution in [0.3, 0.4) is 0 Å². The SMILES string of the molecule is Cc1ccc(-c2noc(CCC(=O)NCc3ccc(-n4cncn4)cc3)n2)cc1F. The van der Waals surface area contributed by atoms with E-state index in [4.69, 9.17) is 4.52 Å². The molecule has 9 heteroatoms. The topological polar surface area (TPSA) is 98.7 Å². The molecule has 2 aromatic heterocycles. The van der Waals surface area contributed by atoms with Crippen LogP contribution < -0.4 is 5.32 Å². The van der Waals surface area contributed by atoms with Crippen molar-refractivity contribution in [3.8, 4) is 17.1 Å². The Morgan fingerprint density at radius 1 is 1.20 bits per heavy atom. The lowest BCUT2D eigenvalue weighted by atomic mass is 10.1. The van der Waals surface area contributed by atoms with Crippen molar-refractivity contribution in [2.24, 2.45) is 0 Å². The molecule has 0 spiro atoms. The standard InChI is InChI=1S/C21H19FN6O2/c1-14-2-5-16(10-18(14)22)21-26-20(30-27-21)9-8-19(29)24-11-15-3-6-17(7-4-15)28-13-23-12-25-28/h2-7,10,12-13H,8-9,11H2,1H3,(H,24,29). The van der Waals surface area contributed by atoms with Crippen molar-refractivity contribution in [2.45, 2.75) is 26.3 Å². The summed E-state index contributed by atoms with van der Waals surface area (Å²) in [7, 11) is 0. The number of halogens is 1. The van der Waals surface area contributed by atoms with Crippen LogP contribution in [0.25, 0.3) is 17.1 Å². The van der Waals surface area contributed by atoms with E-state index in [1.54, 1.807) is 30.1 Å². The first-order chi connectivity index (χ1) is 14.6. The number of benzene rings is 2. The van der Waals surface area contributed by atoms with Gasteiger partial charge in [-0.2, -0.15) is 10.1 Å². The van der Waals surface area contributed by atoms with Crippen molar-refractivity contribution in [1.29, 1.82) is 0 Å². The van der Waals surface area contributed by atoms with Gasteiger partial charge in [-0.15, -0.1) is 0 Å². The maximum Gasteiger partial charge on any atom is 0.227 e. The molecule has 2 heterocycles. The van der Waals surface area contributed by atoms with Crippen molar-refractivity contribution >= 4 is 5.91 Å². The second kappa shape index (κ2) is 8.64. The third kappa shape index (κ3) is 4.57. The molecule has 152 valence electrons. The van der Waals surface area contributed by atoms with Crippen LogP contribution in [0, 0.1) is 12.7 Å². The Kier molecular flexibility index (Phi) is 5.60. The molecule has 0 atom stereocenters. The van der Waals surface area contributed by atoms with Gasteiger partial charge in [-0.3, -0.25) is 4.79 Å². The molecule has 4 rings (SSSR count). The predicted octanol–water partition coefficient (Wildman–Crippen LogP) is 3.01. The molecule has 0 unspecified atom stereocenters. The van der Waals surface area contributed by atoms with E-state index in [0.29, 0.717) is 35.8 Å². The molecule has 0 radical (unpaired) electrons. The van der Waals surface area contributed by atoms with Gasteiger partial charge < -0.3 is 9.84 Å². The van der Waals surface area contributed by atoms with E-state index in [1.807, 2.05) is 24.3 Å². The lowest BCUT2D eigenvalue weighted by Gasteiger charge is -2.06. The molecule has 1 amide bonds. The van der Waals surface area contributed by atoms with Gasteiger partial charge in [0.25, 0.3) is 0 Å². The van der Waals surface area contributed by atoms with Gasteiger partial charge in [-0.05, 0) is 36.2 Å². The summed E-state index contributed by atoms with van der Waals surface area (Å²) in [6.45, 7) is 2.10. The average molecular weight is 406 g/mol. The lowest BCUT2D eigenvalue weighted by Crippen LogP contribution is -2.23. The molecule has 0 aliphatic carbocycles. The maximum atomic E-state index is 13.7. The minimum Gasteiger partial charge on any atom is -0.352 e. The molecule has 0 fully saturated rings. The Balaban J connectivity index is 1.27. The Labute approximate surface area is 171 Å². The van der Waals surface area contributed by atoms with Gasteiger partial charge >= 0.3 is 0 Å². The van der Waals surface area contributed by atoms with Crippen LogP contribution in [-0.2, 0) is 17.8 Å². The summed E-state index contributed by atoms with van der Waals surface area (Å²) < 4.78 is 20.5. The first kappa shape index (κ1) is 19.4. The summed E-state index contributed by atoms with van der Waals surface area (Å²) in [6, 6.07) is 12.4. The minimum absolute atomic E-state index is 0.128. The molecule has 2 aromatic carbocycles. The van der Waals surface area contributed by atoms with Gasteiger partial charge in [0.05, 0.1) is 5.69 Å². The molecule has 8 nitrogen and oxygen atoms in total. The number of aromatic nitrogens is 5. The zero-order chi connectivity index (χ0) is 20.9. The van der Waals surface area contributed by atoms with E-state index in [2.05, 4.69) is 25.5 Å². The van der Waals surface area contributed by atoms with Crippen molar-refractivity contribution in [3.05, 3.63) is 78.0 Å². The Morgan fingerprint density at radius 3 is 2.77 bits per heavy atom. The van der Waals surface area contributed by atoms with Crippen LogP contribution in [0.4, 0.5) is 4.39 Å². The van der Waals surface area contributed by atoms with Crippen LogP contribution in [0.5, 0.6) is 0 Å². The molecule has 0 saturated carbocycles. The van der Waals surface area contributed by atoms with Crippen molar-refractivity contribution in [3.63, 3.8) is 0 Å². The molecule has 1 N–H and O–H groups in total.